The monoisotopic (exact) mass is 267 g/mol. The molecule has 0 fully saturated rings. The van der Waals surface area contributed by atoms with Gasteiger partial charge in [-0.2, -0.15) is 0 Å². The van der Waals surface area contributed by atoms with Crippen LogP contribution in [0.15, 0.2) is 54.7 Å². The molecule has 0 spiro atoms. The lowest BCUT2D eigenvalue weighted by Crippen LogP contribution is -2.02. The first-order valence-corrected chi connectivity index (χ1v) is 6.56. The summed E-state index contributed by atoms with van der Waals surface area (Å²) in [4.78, 5) is 3.29. The van der Waals surface area contributed by atoms with Gasteiger partial charge < -0.3 is 14.5 Å². The second-order valence-electron chi connectivity index (χ2n) is 4.68. The molecule has 0 saturated heterocycles. The summed E-state index contributed by atoms with van der Waals surface area (Å²) in [5.74, 6) is 0.850. The highest BCUT2D eigenvalue weighted by molar-refractivity contribution is 5.83. The summed E-state index contributed by atoms with van der Waals surface area (Å²) in [7, 11) is 3.40. The van der Waals surface area contributed by atoms with Crippen LogP contribution in [0.3, 0.4) is 0 Å². The molecule has 0 aliphatic carbocycles. The third-order valence-corrected chi connectivity index (χ3v) is 3.56. The van der Waals surface area contributed by atoms with Crippen LogP contribution >= 0.6 is 0 Å². The number of rotatable bonds is 4. The summed E-state index contributed by atoms with van der Waals surface area (Å²) < 4.78 is 10.9. The van der Waals surface area contributed by atoms with Crippen molar-refractivity contribution in [3.63, 3.8) is 0 Å². The van der Waals surface area contributed by atoms with Crippen LogP contribution in [0.5, 0.6) is 5.75 Å². The molecule has 3 nitrogen and oxygen atoms in total. The van der Waals surface area contributed by atoms with Crippen molar-refractivity contribution >= 4 is 10.9 Å². The van der Waals surface area contributed by atoms with Gasteiger partial charge in [0.15, 0.2) is 0 Å². The van der Waals surface area contributed by atoms with Crippen LogP contribution in [-0.2, 0) is 4.74 Å². The molecular weight excluding hydrogens is 250 g/mol. The first-order valence-electron chi connectivity index (χ1n) is 6.56. The maximum Gasteiger partial charge on any atom is 0.118 e. The van der Waals surface area contributed by atoms with Crippen molar-refractivity contribution in [1.29, 1.82) is 0 Å². The second-order valence-corrected chi connectivity index (χ2v) is 4.68. The fourth-order valence-electron chi connectivity index (χ4n) is 2.53. The molecule has 2 aromatic carbocycles. The maximum absolute atomic E-state index is 5.70. The van der Waals surface area contributed by atoms with Gasteiger partial charge >= 0.3 is 0 Å². The van der Waals surface area contributed by atoms with Crippen molar-refractivity contribution in [2.75, 3.05) is 14.2 Å². The van der Waals surface area contributed by atoms with Gasteiger partial charge in [-0.25, -0.2) is 0 Å². The predicted molar refractivity (Wildman–Crippen MR) is 80.1 cm³/mol. The zero-order valence-corrected chi connectivity index (χ0v) is 11.6. The van der Waals surface area contributed by atoms with Crippen LogP contribution in [0.25, 0.3) is 10.9 Å². The number of hydrogen-bond donors (Lipinski definition) is 1. The third kappa shape index (κ3) is 2.17. The lowest BCUT2D eigenvalue weighted by atomic mass is 10.0. The summed E-state index contributed by atoms with van der Waals surface area (Å²) in [6.07, 6.45) is 1.93. The quantitative estimate of drug-likeness (QED) is 0.777. The Labute approximate surface area is 118 Å². The molecule has 1 N–H and O–H groups in total. The Bertz CT molecular complexity index is 700. The van der Waals surface area contributed by atoms with Crippen molar-refractivity contribution < 1.29 is 9.47 Å². The third-order valence-electron chi connectivity index (χ3n) is 3.56. The first kappa shape index (κ1) is 12.8. The molecule has 3 rings (SSSR count). The summed E-state index contributed by atoms with van der Waals surface area (Å²) >= 11 is 0. The number of fused-ring (bicyclic) bond motifs is 1. The molecule has 3 aromatic rings. The normalized spacial score (nSPS) is 12.5. The molecule has 1 heterocycles. The number of hydrogen-bond acceptors (Lipinski definition) is 2. The lowest BCUT2D eigenvalue weighted by Gasteiger charge is -2.15. The van der Waals surface area contributed by atoms with Crippen LogP contribution in [0.2, 0.25) is 0 Å². The highest BCUT2D eigenvalue weighted by atomic mass is 16.5. The van der Waals surface area contributed by atoms with Crippen LogP contribution < -0.4 is 4.74 Å². The van der Waals surface area contributed by atoms with E-state index in [0.717, 1.165) is 22.4 Å². The van der Waals surface area contributed by atoms with E-state index in [1.54, 1.807) is 14.2 Å². The number of para-hydroxylation sites is 1. The second kappa shape index (κ2) is 5.39. The van der Waals surface area contributed by atoms with Gasteiger partial charge in [-0.05, 0) is 23.8 Å². The summed E-state index contributed by atoms with van der Waals surface area (Å²) in [6.45, 7) is 0. The van der Waals surface area contributed by atoms with Gasteiger partial charge in [-0.15, -0.1) is 0 Å². The number of aromatic nitrogens is 1. The van der Waals surface area contributed by atoms with E-state index in [1.165, 1.54) is 5.39 Å². The van der Waals surface area contributed by atoms with E-state index in [1.807, 2.05) is 42.6 Å². The van der Waals surface area contributed by atoms with E-state index in [9.17, 15) is 0 Å². The minimum atomic E-state index is -0.0861. The van der Waals surface area contributed by atoms with Gasteiger partial charge in [-0.3, -0.25) is 0 Å². The topological polar surface area (TPSA) is 34.2 Å². The van der Waals surface area contributed by atoms with Crippen molar-refractivity contribution in [3.05, 3.63) is 65.9 Å². The molecule has 1 atom stereocenters. The van der Waals surface area contributed by atoms with Crippen LogP contribution in [-0.4, -0.2) is 19.2 Å². The van der Waals surface area contributed by atoms with Gasteiger partial charge in [0.2, 0.25) is 0 Å². The number of ether oxygens (including phenoxy) is 2. The fraction of sp³-hybridized carbons (Fsp3) is 0.176. The van der Waals surface area contributed by atoms with Gasteiger partial charge in [0.05, 0.1) is 7.11 Å². The predicted octanol–water partition coefficient (Wildman–Crippen LogP) is 3.91. The molecular formula is C17H17NO2. The molecule has 3 heteroatoms. The average Bonchev–Trinajstić information content (AvgIpc) is 2.93. The van der Waals surface area contributed by atoms with Crippen LogP contribution in [0, 0.1) is 0 Å². The SMILES string of the molecule is COc1ccc(C(OC)c2c[nH]c3ccccc23)cc1. The van der Waals surface area contributed by atoms with E-state index < -0.39 is 0 Å². The van der Waals surface area contributed by atoms with E-state index in [2.05, 4.69) is 17.1 Å². The Balaban J connectivity index is 2.04. The van der Waals surface area contributed by atoms with Crippen LogP contribution in [0.4, 0.5) is 0 Å². The smallest absolute Gasteiger partial charge is 0.118 e. The highest BCUT2D eigenvalue weighted by Crippen LogP contribution is 2.31. The minimum Gasteiger partial charge on any atom is -0.497 e. The van der Waals surface area contributed by atoms with Crippen molar-refractivity contribution in [3.8, 4) is 5.75 Å². The van der Waals surface area contributed by atoms with Crippen molar-refractivity contribution in [2.45, 2.75) is 6.10 Å². The zero-order chi connectivity index (χ0) is 13.9. The van der Waals surface area contributed by atoms with Crippen molar-refractivity contribution in [1.82, 2.24) is 4.98 Å². The Morgan fingerprint density at radius 3 is 2.40 bits per heavy atom. The summed E-state index contributed by atoms with van der Waals surface area (Å²) in [5.41, 5.74) is 3.38. The molecule has 0 saturated carbocycles. The van der Waals surface area contributed by atoms with Crippen molar-refractivity contribution in [2.24, 2.45) is 0 Å². The largest absolute Gasteiger partial charge is 0.497 e. The summed E-state index contributed by atoms with van der Waals surface area (Å²) in [5, 5.41) is 1.19. The average molecular weight is 267 g/mol. The number of benzene rings is 2. The van der Waals surface area contributed by atoms with Crippen LogP contribution in [0.1, 0.15) is 17.2 Å². The lowest BCUT2D eigenvalue weighted by molar-refractivity contribution is 0.137. The standard InChI is InChI=1S/C17H17NO2/c1-19-13-9-7-12(8-10-13)17(20-2)15-11-18-16-6-4-3-5-14(15)16/h3-11,17-18H,1-2H3. The van der Waals surface area contributed by atoms with Gasteiger partial charge in [0.25, 0.3) is 0 Å². The van der Waals surface area contributed by atoms with E-state index in [4.69, 9.17) is 9.47 Å². The Kier molecular flexibility index (Phi) is 3.44. The first-order chi connectivity index (χ1) is 9.83. The molecule has 0 aliphatic heterocycles. The molecule has 0 amide bonds. The Morgan fingerprint density at radius 1 is 0.950 bits per heavy atom. The van der Waals surface area contributed by atoms with E-state index in [0.29, 0.717) is 0 Å². The van der Waals surface area contributed by atoms with Gasteiger partial charge in [-0.1, -0.05) is 30.3 Å². The molecule has 1 unspecified atom stereocenters. The maximum atomic E-state index is 5.70. The number of methoxy groups -OCH3 is 2. The molecule has 102 valence electrons. The molecule has 0 bridgehead atoms. The zero-order valence-electron chi connectivity index (χ0n) is 11.6. The minimum absolute atomic E-state index is 0.0861. The molecule has 1 aromatic heterocycles. The Hall–Kier alpha value is -2.26. The van der Waals surface area contributed by atoms with E-state index >= 15 is 0 Å². The number of aromatic amines is 1. The summed E-state index contributed by atoms with van der Waals surface area (Å²) in [6, 6.07) is 16.2. The molecule has 20 heavy (non-hydrogen) atoms. The van der Waals surface area contributed by atoms with Gasteiger partial charge in [0, 0.05) is 29.8 Å². The van der Waals surface area contributed by atoms with E-state index in [-0.39, 0.29) is 6.10 Å². The number of nitrogens with one attached hydrogen (secondary N) is 1. The molecule has 0 radical (unpaired) electrons. The fourth-order valence-corrected chi connectivity index (χ4v) is 2.53. The van der Waals surface area contributed by atoms with Gasteiger partial charge in [0.1, 0.15) is 11.9 Å². The Morgan fingerprint density at radius 2 is 1.70 bits per heavy atom. The molecule has 0 aliphatic rings. The highest BCUT2D eigenvalue weighted by Gasteiger charge is 2.17. The number of H-pyrrole nitrogens is 1.